The van der Waals surface area contributed by atoms with Crippen molar-refractivity contribution in [2.45, 2.75) is 27.2 Å². The van der Waals surface area contributed by atoms with Crippen molar-refractivity contribution in [1.29, 1.82) is 0 Å². The van der Waals surface area contributed by atoms with E-state index >= 15 is 0 Å². The summed E-state index contributed by atoms with van der Waals surface area (Å²) in [4.78, 5) is 0. The van der Waals surface area contributed by atoms with Crippen LogP contribution >= 0.6 is 0 Å². The Bertz CT molecular complexity index is 860. The summed E-state index contributed by atoms with van der Waals surface area (Å²) in [5.41, 5.74) is 4.20. The zero-order valence-corrected chi connectivity index (χ0v) is 17.9. The van der Waals surface area contributed by atoms with E-state index in [1.807, 2.05) is 38.2 Å². The third-order valence-corrected chi connectivity index (χ3v) is 4.19. The van der Waals surface area contributed by atoms with Crippen LogP contribution in [-0.2, 0) is 11.2 Å². The minimum Gasteiger partial charge on any atom is -0.508 e. The number of ether oxygens (including phenoxy) is 2. The molecule has 0 aliphatic carbocycles. The van der Waals surface area contributed by atoms with Crippen molar-refractivity contribution in [2.24, 2.45) is 0 Å². The molecule has 1 N–H and O–H groups in total. The van der Waals surface area contributed by atoms with Gasteiger partial charge in [0.05, 0.1) is 7.11 Å². The minimum atomic E-state index is 0.267. The summed E-state index contributed by atoms with van der Waals surface area (Å²) < 4.78 is 10.7. The molecule has 0 aliphatic rings. The van der Waals surface area contributed by atoms with Gasteiger partial charge in [-0.2, -0.15) is 0 Å². The number of methoxy groups -OCH3 is 1. The summed E-state index contributed by atoms with van der Waals surface area (Å²) in [6.07, 6.45) is 8.54. The molecule has 2 aromatic carbocycles. The highest BCUT2D eigenvalue weighted by atomic mass is 16.5. The van der Waals surface area contributed by atoms with Crippen molar-refractivity contribution >= 4 is 6.08 Å². The van der Waals surface area contributed by atoms with Crippen LogP contribution in [0.1, 0.15) is 30.5 Å². The molecule has 0 atom stereocenters. The summed E-state index contributed by atoms with van der Waals surface area (Å²) >= 11 is 0. The molecule has 154 valence electrons. The highest BCUT2D eigenvalue weighted by Gasteiger charge is 1.99. The van der Waals surface area contributed by atoms with Gasteiger partial charge in [0, 0.05) is 0 Å². The molecule has 0 heterocycles. The summed E-state index contributed by atoms with van der Waals surface area (Å²) in [5.74, 6) is 1.76. The van der Waals surface area contributed by atoms with E-state index in [1.165, 1.54) is 11.1 Å². The van der Waals surface area contributed by atoms with Crippen LogP contribution < -0.4 is 4.74 Å². The normalized spacial score (nSPS) is 10.8. The van der Waals surface area contributed by atoms with Gasteiger partial charge in [0.15, 0.2) is 0 Å². The van der Waals surface area contributed by atoms with Crippen LogP contribution in [-0.4, -0.2) is 18.8 Å². The fourth-order valence-corrected chi connectivity index (χ4v) is 2.36. The molecule has 0 bridgehead atoms. The van der Waals surface area contributed by atoms with Gasteiger partial charge < -0.3 is 14.6 Å². The number of phenols is 1. The van der Waals surface area contributed by atoms with Crippen LogP contribution in [0.3, 0.4) is 0 Å². The number of phenolic OH excluding ortho intramolecular Hbond substituents is 1. The quantitative estimate of drug-likeness (QED) is 0.404. The standard InChI is InChI=1S/C16H20O3.C10H12/c1-5-14(18-4)7-6-12(2)11-19-15-8-9-16(17)13(3)10-15;1-3-9-6-5-7-10(4-2)8-9/h5-10,17H,2,11H2,1,3-4H3;3,5-8H,1,4H2,2H3/b7-6-,14-5+;. The van der Waals surface area contributed by atoms with Crippen molar-refractivity contribution in [3.63, 3.8) is 0 Å². The highest BCUT2D eigenvalue weighted by molar-refractivity contribution is 5.47. The Labute approximate surface area is 175 Å². The molecule has 0 saturated heterocycles. The van der Waals surface area contributed by atoms with Crippen molar-refractivity contribution in [3.05, 3.63) is 102 Å². The fraction of sp³-hybridized carbons (Fsp3) is 0.231. The number of hydrogen-bond acceptors (Lipinski definition) is 3. The lowest BCUT2D eigenvalue weighted by atomic mass is 10.1. The number of aryl methyl sites for hydroxylation is 2. The monoisotopic (exact) mass is 392 g/mol. The van der Waals surface area contributed by atoms with E-state index in [1.54, 1.807) is 25.3 Å². The van der Waals surface area contributed by atoms with Gasteiger partial charge in [-0.1, -0.05) is 56.5 Å². The molecule has 2 rings (SSSR count). The second-order valence-corrected chi connectivity index (χ2v) is 6.43. The van der Waals surface area contributed by atoms with Crippen molar-refractivity contribution in [2.75, 3.05) is 13.7 Å². The number of hydrogen-bond donors (Lipinski definition) is 1. The maximum absolute atomic E-state index is 9.42. The number of rotatable bonds is 8. The van der Waals surface area contributed by atoms with E-state index < -0.39 is 0 Å². The zero-order chi connectivity index (χ0) is 21.6. The highest BCUT2D eigenvalue weighted by Crippen LogP contribution is 2.22. The molecule has 3 nitrogen and oxygen atoms in total. The maximum atomic E-state index is 9.42. The first-order valence-electron chi connectivity index (χ1n) is 9.63. The second-order valence-electron chi connectivity index (χ2n) is 6.43. The minimum absolute atomic E-state index is 0.267. The Morgan fingerprint density at radius 1 is 1.14 bits per heavy atom. The van der Waals surface area contributed by atoms with Crippen LogP contribution in [0.25, 0.3) is 6.08 Å². The van der Waals surface area contributed by atoms with Gasteiger partial charge in [-0.15, -0.1) is 0 Å². The van der Waals surface area contributed by atoms with Crippen LogP contribution in [0.15, 0.2) is 85.2 Å². The van der Waals surface area contributed by atoms with Gasteiger partial charge in [0.1, 0.15) is 23.9 Å². The van der Waals surface area contributed by atoms with Gasteiger partial charge in [0.2, 0.25) is 0 Å². The predicted molar refractivity (Wildman–Crippen MR) is 123 cm³/mol. The number of benzene rings is 2. The van der Waals surface area contributed by atoms with Crippen molar-refractivity contribution in [3.8, 4) is 11.5 Å². The first kappa shape index (κ1) is 23.8. The van der Waals surface area contributed by atoms with E-state index in [2.05, 4.69) is 44.3 Å². The van der Waals surface area contributed by atoms with E-state index in [9.17, 15) is 5.11 Å². The molecule has 0 aliphatic heterocycles. The number of allylic oxidation sites excluding steroid dienone is 2. The SMILES string of the molecule is C=C(/C=C\C(=C/C)OC)COc1ccc(O)c(C)c1.C=Cc1cccc(CC)c1. The molecule has 0 amide bonds. The molecule has 0 spiro atoms. The summed E-state index contributed by atoms with van der Waals surface area (Å²) in [5, 5.41) is 9.42. The van der Waals surface area contributed by atoms with Gasteiger partial charge in [-0.3, -0.25) is 0 Å². The van der Waals surface area contributed by atoms with Crippen LogP contribution in [0.2, 0.25) is 0 Å². The first-order valence-corrected chi connectivity index (χ1v) is 9.63. The Hall–Kier alpha value is -3.20. The van der Waals surface area contributed by atoms with E-state index in [0.29, 0.717) is 12.4 Å². The second kappa shape index (κ2) is 13.1. The largest absolute Gasteiger partial charge is 0.508 e. The van der Waals surface area contributed by atoms with Gasteiger partial charge in [-0.05, 0) is 72.9 Å². The van der Waals surface area contributed by atoms with Gasteiger partial charge >= 0.3 is 0 Å². The summed E-state index contributed by atoms with van der Waals surface area (Å²) in [6, 6.07) is 13.6. The molecule has 29 heavy (non-hydrogen) atoms. The van der Waals surface area contributed by atoms with E-state index in [4.69, 9.17) is 9.47 Å². The van der Waals surface area contributed by atoms with Crippen LogP contribution in [0.4, 0.5) is 0 Å². The first-order chi connectivity index (χ1) is 13.9. The average Bonchev–Trinajstić information content (AvgIpc) is 2.75. The third-order valence-electron chi connectivity index (χ3n) is 4.19. The van der Waals surface area contributed by atoms with Gasteiger partial charge in [-0.25, -0.2) is 0 Å². The maximum Gasteiger partial charge on any atom is 0.120 e. The molecule has 0 radical (unpaired) electrons. The fourth-order valence-electron chi connectivity index (χ4n) is 2.36. The Balaban J connectivity index is 0.000000352. The lowest BCUT2D eigenvalue weighted by Crippen LogP contribution is -1.98. The molecular formula is C26H32O3. The smallest absolute Gasteiger partial charge is 0.120 e. The van der Waals surface area contributed by atoms with E-state index in [0.717, 1.165) is 23.3 Å². The topological polar surface area (TPSA) is 38.7 Å². The summed E-state index contributed by atoms with van der Waals surface area (Å²) in [6.45, 7) is 13.9. The Morgan fingerprint density at radius 3 is 2.48 bits per heavy atom. The zero-order valence-electron chi connectivity index (χ0n) is 17.9. The molecule has 0 fully saturated rings. The predicted octanol–water partition coefficient (Wildman–Crippen LogP) is 6.63. The van der Waals surface area contributed by atoms with Crippen molar-refractivity contribution in [1.82, 2.24) is 0 Å². The molecule has 0 aromatic heterocycles. The average molecular weight is 393 g/mol. The molecule has 0 unspecified atom stereocenters. The molecule has 0 saturated carbocycles. The lowest BCUT2D eigenvalue weighted by Gasteiger charge is -2.08. The Morgan fingerprint density at radius 2 is 1.90 bits per heavy atom. The third kappa shape index (κ3) is 9.02. The summed E-state index contributed by atoms with van der Waals surface area (Å²) in [7, 11) is 1.62. The van der Waals surface area contributed by atoms with Crippen LogP contribution in [0, 0.1) is 6.92 Å². The Kier molecular flexibility index (Phi) is 10.7. The molecule has 3 heteroatoms. The number of aromatic hydroxyl groups is 1. The molecule has 2 aromatic rings. The van der Waals surface area contributed by atoms with Crippen molar-refractivity contribution < 1.29 is 14.6 Å². The molecular weight excluding hydrogens is 360 g/mol. The van der Waals surface area contributed by atoms with Gasteiger partial charge in [0.25, 0.3) is 0 Å². The lowest BCUT2D eigenvalue weighted by molar-refractivity contribution is 0.306. The van der Waals surface area contributed by atoms with E-state index in [-0.39, 0.29) is 5.75 Å². The van der Waals surface area contributed by atoms with Crippen LogP contribution in [0.5, 0.6) is 11.5 Å².